The van der Waals surface area contributed by atoms with E-state index in [0.717, 1.165) is 47.0 Å². The van der Waals surface area contributed by atoms with Gasteiger partial charge < -0.3 is 10.2 Å². The molecule has 1 N–H and O–H groups in total. The van der Waals surface area contributed by atoms with Crippen molar-refractivity contribution < 1.29 is 0 Å². The quantitative estimate of drug-likeness (QED) is 0.572. The zero-order chi connectivity index (χ0) is 19.1. The molecule has 0 saturated heterocycles. The molecule has 5 nitrogen and oxygen atoms in total. The van der Waals surface area contributed by atoms with Gasteiger partial charge >= 0.3 is 0 Å². The topological polar surface area (TPSA) is 46.0 Å². The Morgan fingerprint density at radius 1 is 1.00 bits per heavy atom. The molecule has 0 radical (unpaired) electrons. The van der Waals surface area contributed by atoms with Crippen molar-refractivity contribution in [2.75, 3.05) is 27.2 Å². The molecule has 0 unspecified atom stereocenters. The van der Waals surface area contributed by atoms with Gasteiger partial charge in [-0.3, -0.25) is 0 Å². The molecule has 2 aromatic carbocycles. The third-order valence-corrected chi connectivity index (χ3v) is 4.51. The third-order valence-electron chi connectivity index (χ3n) is 4.26. The lowest BCUT2D eigenvalue weighted by Gasteiger charge is -2.09. The predicted octanol–water partition coefficient (Wildman–Crippen LogP) is 3.69. The van der Waals surface area contributed by atoms with Crippen LogP contribution in [0.25, 0.3) is 11.3 Å². The molecule has 0 atom stereocenters. The second-order valence-corrected chi connectivity index (χ2v) is 7.29. The molecule has 0 aliphatic rings. The fourth-order valence-electron chi connectivity index (χ4n) is 2.87. The summed E-state index contributed by atoms with van der Waals surface area (Å²) in [6.07, 6.45) is 1.10. The second kappa shape index (κ2) is 9.65. The van der Waals surface area contributed by atoms with Gasteiger partial charge in [-0.15, -0.1) is 0 Å². The zero-order valence-electron chi connectivity index (χ0n) is 15.9. The van der Waals surface area contributed by atoms with E-state index in [4.69, 9.17) is 21.8 Å². The summed E-state index contributed by atoms with van der Waals surface area (Å²) in [5, 5.41) is 13.7. The molecule has 3 aromatic rings. The number of aromatic nitrogens is 3. The minimum absolute atomic E-state index is 0.623. The Kier molecular flexibility index (Phi) is 6.98. The third kappa shape index (κ3) is 5.89. The summed E-state index contributed by atoms with van der Waals surface area (Å²) in [5.41, 5.74) is 4.12. The largest absolute Gasteiger partial charge is 0.311 e. The molecular weight excluding hydrogens is 358 g/mol. The van der Waals surface area contributed by atoms with Crippen LogP contribution in [0.2, 0.25) is 5.02 Å². The van der Waals surface area contributed by atoms with Crippen LogP contribution in [0.15, 0.2) is 54.6 Å². The van der Waals surface area contributed by atoms with Crippen molar-refractivity contribution in [1.29, 1.82) is 0 Å². The highest BCUT2D eigenvalue weighted by Gasteiger charge is 2.13. The van der Waals surface area contributed by atoms with Crippen molar-refractivity contribution in [2.24, 2.45) is 0 Å². The molecular formula is C21H26ClN5. The number of halogens is 1. The molecule has 0 aliphatic carbocycles. The van der Waals surface area contributed by atoms with Gasteiger partial charge in [0.15, 0.2) is 0 Å². The van der Waals surface area contributed by atoms with Crippen LogP contribution in [-0.2, 0) is 13.1 Å². The van der Waals surface area contributed by atoms with Gasteiger partial charge in [0.05, 0.1) is 6.54 Å². The first-order chi connectivity index (χ1) is 13.1. The van der Waals surface area contributed by atoms with E-state index in [1.807, 2.05) is 42.5 Å². The summed E-state index contributed by atoms with van der Waals surface area (Å²) in [6, 6.07) is 18.0. The van der Waals surface area contributed by atoms with E-state index in [9.17, 15) is 0 Å². The van der Waals surface area contributed by atoms with Crippen LogP contribution in [0.3, 0.4) is 0 Å². The summed E-state index contributed by atoms with van der Waals surface area (Å²) in [6.45, 7) is 3.36. The van der Waals surface area contributed by atoms with Gasteiger partial charge in [-0.1, -0.05) is 54.1 Å². The van der Waals surface area contributed by atoms with Crippen LogP contribution >= 0.6 is 11.6 Å². The number of hydrogen-bond acceptors (Lipinski definition) is 4. The van der Waals surface area contributed by atoms with Crippen LogP contribution in [0.1, 0.15) is 17.7 Å². The van der Waals surface area contributed by atoms with Crippen LogP contribution in [0.5, 0.6) is 0 Å². The van der Waals surface area contributed by atoms with Gasteiger partial charge in [0.2, 0.25) is 0 Å². The molecule has 27 heavy (non-hydrogen) atoms. The van der Waals surface area contributed by atoms with Gasteiger partial charge in [0.25, 0.3) is 0 Å². The van der Waals surface area contributed by atoms with E-state index in [1.165, 1.54) is 0 Å². The van der Waals surface area contributed by atoms with Crippen molar-refractivity contribution in [3.8, 4) is 11.3 Å². The highest BCUT2D eigenvalue weighted by Crippen LogP contribution is 2.20. The first kappa shape index (κ1) is 19.5. The minimum atomic E-state index is 0.623. The fourth-order valence-corrected chi connectivity index (χ4v) is 3.00. The van der Waals surface area contributed by atoms with E-state index >= 15 is 0 Å². The number of rotatable bonds is 9. The Hall–Kier alpha value is -2.21. The van der Waals surface area contributed by atoms with E-state index in [2.05, 4.69) is 36.4 Å². The Morgan fingerprint density at radius 3 is 2.44 bits per heavy atom. The molecule has 0 saturated carbocycles. The molecule has 0 amide bonds. The van der Waals surface area contributed by atoms with Crippen molar-refractivity contribution in [1.82, 2.24) is 25.2 Å². The highest BCUT2D eigenvalue weighted by molar-refractivity contribution is 6.30. The molecule has 1 heterocycles. The standard InChI is InChI=1S/C21H26ClN5/c1-26(2)14-6-13-23-15-20-21(18-7-4-3-5-8-18)25-27(24-20)16-17-9-11-19(22)12-10-17/h3-5,7-12,23H,6,13-16H2,1-2H3. The maximum absolute atomic E-state index is 5.98. The van der Waals surface area contributed by atoms with Crippen LogP contribution in [0.4, 0.5) is 0 Å². The number of nitrogens with zero attached hydrogens (tertiary/aromatic N) is 4. The average molecular weight is 384 g/mol. The maximum Gasteiger partial charge on any atom is 0.117 e. The summed E-state index contributed by atoms with van der Waals surface area (Å²) in [5.74, 6) is 0. The van der Waals surface area contributed by atoms with Crippen molar-refractivity contribution in [3.05, 3.63) is 70.9 Å². The van der Waals surface area contributed by atoms with Gasteiger partial charge in [0.1, 0.15) is 11.4 Å². The monoisotopic (exact) mass is 383 g/mol. The Bertz CT molecular complexity index is 828. The number of hydrogen-bond donors (Lipinski definition) is 1. The lowest BCUT2D eigenvalue weighted by Crippen LogP contribution is -2.21. The first-order valence-corrected chi connectivity index (χ1v) is 9.59. The molecule has 142 valence electrons. The van der Waals surface area contributed by atoms with Gasteiger partial charge in [-0.2, -0.15) is 15.0 Å². The van der Waals surface area contributed by atoms with Crippen molar-refractivity contribution >= 4 is 11.6 Å². The Labute approximate surface area is 166 Å². The fraction of sp³-hybridized carbons (Fsp3) is 0.333. The highest BCUT2D eigenvalue weighted by atomic mass is 35.5. The van der Waals surface area contributed by atoms with Crippen LogP contribution < -0.4 is 5.32 Å². The smallest absolute Gasteiger partial charge is 0.117 e. The molecule has 6 heteroatoms. The molecule has 3 rings (SSSR count). The van der Waals surface area contributed by atoms with E-state index in [0.29, 0.717) is 13.1 Å². The second-order valence-electron chi connectivity index (χ2n) is 6.85. The Morgan fingerprint density at radius 2 is 1.74 bits per heavy atom. The van der Waals surface area contributed by atoms with Crippen LogP contribution in [0, 0.1) is 0 Å². The summed E-state index contributed by atoms with van der Waals surface area (Å²) >= 11 is 5.98. The summed E-state index contributed by atoms with van der Waals surface area (Å²) in [7, 11) is 4.19. The van der Waals surface area contributed by atoms with E-state index < -0.39 is 0 Å². The lowest BCUT2D eigenvalue weighted by molar-refractivity contribution is 0.394. The Balaban J connectivity index is 1.73. The first-order valence-electron chi connectivity index (χ1n) is 9.21. The molecule has 1 aromatic heterocycles. The van der Waals surface area contributed by atoms with E-state index in [-0.39, 0.29) is 0 Å². The number of nitrogens with one attached hydrogen (secondary N) is 1. The maximum atomic E-state index is 5.98. The lowest BCUT2D eigenvalue weighted by atomic mass is 10.1. The normalized spacial score (nSPS) is 11.3. The molecule has 0 aliphatic heterocycles. The summed E-state index contributed by atoms with van der Waals surface area (Å²) in [4.78, 5) is 3.96. The molecule has 0 fully saturated rings. The van der Waals surface area contributed by atoms with Crippen LogP contribution in [-0.4, -0.2) is 47.1 Å². The average Bonchev–Trinajstić information content (AvgIpc) is 3.06. The van der Waals surface area contributed by atoms with Crippen molar-refractivity contribution in [3.63, 3.8) is 0 Å². The molecule has 0 spiro atoms. The van der Waals surface area contributed by atoms with Gasteiger partial charge in [-0.05, 0) is 51.3 Å². The predicted molar refractivity (Wildman–Crippen MR) is 111 cm³/mol. The van der Waals surface area contributed by atoms with E-state index in [1.54, 1.807) is 4.80 Å². The van der Waals surface area contributed by atoms with Gasteiger partial charge in [-0.25, -0.2) is 0 Å². The SMILES string of the molecule is CN(C)CCCNCc1nn(Cc2ccc(Cl)cc2)nc1-c1ccccc1. The van der Waals surface area contributed by atoms with Crippen molar-refractivity contribution in [2.45, 2.75) is 19.5 Å². The molecule has 0 bridgehead atoms. The van der Waals surface area contributed by atoms with Gasteiger partial charge in [0, 0.05) is 17.1 Å². The minimum Gasteiger partial charge on any atom is -0.311 e. The summed E-state index contributed by atoms with van der Waals surface area (Å²) < 4.78 is 0. The number of benzene rings is 2. The zero-order valence-corrected chi connectivity index (χ0v) is 16.7.